The van der Waals surface area contributed by atoms with Crippen LogP contribution in [0.5, 0.6) is 0 Å². The van der Waals surface area contributed by atoms with Crippen molar-refractivity contribution in [1.82, 2.24) is 5.32 Å². The fraction of sp³-hybridized carbons (Fsp3) is 0.296. The molecule has 4 rings (SSSR count). The number of rotatable bonds is 2. The topological polar surface area (TPSA) is 52.7 Å². The highest BCUT2D eigenvalue weighted by Gasteiger charge is 2.36. The molecule has 0 bridgehead atoms. The van der Waals surface area contributed by atoms with Gasteiger partial charge < -0.3 is 4.90 Å². The fourth-order valence-corrected chi connectivity index (χ4v) is 4.76. The number of thiocarbonyl (C=S) groups is 1. The third kappa shape index (κ3) is 3.78. The molecule has 5 nitrogen and oxygen atoms in total. The Morgan fingerprint density at radius 2 is 1.70 bits per heavy atom. The number of anilines is 2. The van der Waals surface area contributed by atoms with Gasteiger partial charge in [-0.1, -0.05) is 18.2 Å². The molecular formula is C27H29N3O2S. The molecule has 2 aromatic carbocycles. The number of likely N-dealkylation sites (N-methyl/N-ethyl adjacent to an activating group) is 1. The molecule has 0 atom stereocenters. The Bertz CT molecular complexity index is 1290. The van der Waals surface area contributed by atoms with E-state index in [2.05, 4.69) is 56.2 Å². The monoisotopic (exact) mass is 459 g/mol. The van der Waals surface area contributed by atoms with Gasteiger partial charge in [0, 0.05) is 18.3 Å². The number of benzene rings is 2. The quantitative estimate of drug-likeness (QED) is 0.387. The lowest BCUT2D eigenvalue weighted by Crippen LogP contribution is -2.54. The number of fused-ring (bicyclic) bond motifs is 1. The Morgan fingerprint density at radius 1 is 1.00 bits per heavy atom. The molecule has 0 spiro atoms. The van der Waals surface area contributed by atoms with E-state index in [4.69, 9.17) is 12.2 Å². The van der Waals surface area contributed by atoms with Crippen molar-refractivity contribution in [3.8, 4) is 0 Å². The molecule has 0 unspecified atom stereocenters. The average Bonchev–Trinajstić information content (AvgIpc) is 2.72. The molecule has 0 aliphatic carbocycles. The average molecular weight is 460 g/mol. The summed E-state index contributed by atoms with van der Waals surface area (Å²) >= 11 is 5.37. The van der Waals surface area contributed by atoms with E-state index in [1.165, 1.54) is 10.5 Å². The lowest BCUT2D eigenvalue weighted by molar-refractivity contribution is -0.122. The minimum absolute atomic E-state index is 0.0682. The Morgan fingerprint density at radius 3 is 2.39 bits per heavy atom. The van der Waals surface area contributed by atoms with Gasteiger partial charge in [-0.05, 0) is 106 Å². The molecule has 0 radical (unpaired) electrons. The fourth-order valence-electron chi connectivity index (χ4n) is 4.48. The second-order valence-electron chi connectivity index (χ2n) is 9.44. The second kappa shape index (κ2) is 7.96. The molecule has 170 valence electrons. The van der Waals surface area contributed by atoms with Crippen molar-refractivity contribution in [3.63, 3.8) is 0 Å². The number of aryl methyl sites for hydroxylation is 2. The molecule has 2 aromatic rings. The standard InChI is InChI=1S/C27H29N3O2S/c1-15-9-8-10-22(18(15)4)30-25(32)21(24(31)28-26(30)33)13-19-12-20-17(3)14-27(5,6)29(7)23(20)11-16(19)2/h8-14H,1-7H3,(H,28,31,33)/b21-13-. The van der Waals surface area contributed by atoms with E-state index in [1.807, 2.05) is 39.0 Å². The number of hydrogen-bond acceptors (Lipinski definition) is 4. The minimum Gasteiger partial charge on any atom is -0.365 e. The van der Waals surface area contributed by atoms with Crippen LogP contribution in [0.4, 0.5) is 11.4 Å². The van der Waals surface area contributed by atoms with Crippen LogP contribution >= 0.6 is 12.2 Å². The first-order valence-electron chi connectivity index (χ1n) is 11.0. The van der Waals surface area contributed by atoms with Crippen molar-refractivity contribution in [2.75, 3.05) is 16.8 Å². The molecule has 1 saturated heterocycles. The van der Waals surface area contributed by atoms with Gasteiger partial charge in [0.15, 0.2) is 5.11 Å². The molecule has 0 saturated carbocycles. The number of allylic oxidation sites excluding steroid dienone is 1. The number of carbonyl (C=O) groups is 2. The van der Waals surface area contributed by atoms with Crippen molar-refractivity contribution >= 4 is 52.2 Å². The van der Waals surface area contributed by atoms with Crippen LogP contribution in [0.15, 0.2) is 42.0 Å². The number of hydrogen-bond donors (Lipinski definition) is 1. The van der Waals surface area contributed by atoms with Crippen LogP contribution < -0.4 is 15.1 Å². The van der Waals surface area contributed by atoms with Gasteiger partial charge in [0.2, 0.25) is 0 Å². The lowest BCUT2D eigenvalue weighted by atomic mass is 9.87. The van der Waals surface area contributed by atoms with Crippen molar-refractivity contribution in [2.24, 2.45) is 0 Å². The maximum Gasteiger partial charge on any atom is 0.270 e. The maximum absolute atomic E-state index is 13.5. The van der Waals surface area contributed by atoms with Crippen LogP contribution in [0.1, 0.15) is 48.6 Å². The van der Waals surface area contributed by atoms with E-state index in [0.717, 1.165) is 33.5 Å². The van der Waals surface area contributed by atoms with Crippen LogP contribution in [-0.2, 0) is 9.59 Å². The van der Waals surface area contributed by atoms with Crippen LogP contribution in [0.2, 0.25) is 0 Å². The van der Waals surface area contributed by atoms with Gasteiger partial charge in [0.05, 0.1) is 11.2 Å². The van der Waals surface area contributed by atoms with Crippen LogP contribution in [-0.4, -0.2) is 29.5 Å². The first-order chi connectivity index (χ1) is 15.4. The molecule has 2 aliphatic rings. The molecule has 2 aliphatic heterocycles. The maximum atomic E-state index is 13.5. The Balaban J connectivity index is 1.81. The summed E-state index contributed by atoms with van der Waals surface area (Å²) in [6, 6.07) is 9.89. The zero-order valence-corrected chi connectivity index (χ0v) is 21.0. The van der Waals surface area contributed by atoms with Crippen molar-refractivity contribution < 1.29 is 9.59 Å². The summed E-state index contributed by atoms with van der Waals surface area (Å²) in [5.41, 5.74) is 7.88. The normalized spacial score (nSPS) is 18.9. The van der Waals surface area contributed by atoms with Gasteiger partial charge >= 0.3 is 0 Å². The zero-order valence-electron chi connectivity index (χ0n) is 20.2. The zero-order chi connectivity index (χ0) is 24.2. The molecule has 2 heterocycles. The summed E-state index contributed by atoms with van der Waals surface area (Å²) in [5.74, 6) is -0.894. The third-order valence-electron chi connectivity index (χ3n) is 6.82. The van der Waals surface area contributed by atoms with E-state index in [1.54, 1.807) is 6.08 Å². The summed E-state index contributed by atoms with van der Waals surface area (Å²) in [7, 11) is 2.08. The molecule has 0 aromatic heterocycles. The van der Waals surface area contributed by atoms with E-state index in [-0.39, 0.29) is 16.2 Å². The van der Waals surface area contributed by atoms with E-state index in [0.29, 0.717) is 5.69 Å². The van der Waals surface area contributed by atoms with Crippen molar-refractivity contribution in [3.05, 3.63) is 69.8 Å². The first-order valence-corrected chi connectivity index (χ1v) is 11.4. The second-order valence-corrected chi connectivity index (χ2v) is 9.83. The van der Waals surface area contributed by atoms with E-state index in [9.17, 15) is 9.59 Å². The Hall–Kier alpha value is -3.25. The van der Waals surface area contributed by atoms with Crippen LogP contribution in [0.25, 0.3) is 11.6 Å². The van der Waals surface area contributed by atoms with Gasteiger partial charge in [0.1, 0.15) is 5.57 Å². The number of nitrogens with zero attached hydrogens (tertiary/aromatic N) is 2. The third-order valence-corrected chi connectivity index (χ3v) is 7.11. The molecule has 2 amide bonds. The highest BCUT2D eigenvalue weighted by molar-refractivity contribution is 7.80. The Labute approximate surface area is 200 Å². The lowest BCUT2D eigenvalue weighted by Gasteiger charge is -2.41. The molecular weight excluding hydrogens is 430 g/mol. The minimum atomic E-state index is -0.478. The van der Waals surface area contributed by atoms with Gasteiger partial charge in [-0.15, -0.1) is 0 Å². The summed E-state index contributed by atoms with van der Waals surface area (Å²) in [6.07, 6.45) is 3.92. The summed E-state index contributed by atoms with van der Waals surface area (Å²) in [6.45, 7) is 12.4. The van der Waals surface area contributed by atoms with Crippen molar-refractivity contribution in [2.45, 2.75) is 47.1 Å². The highest BCUT2D eigenvalue weighted by Crippen LogP contribution is 2.39. The van der Waals surface area contributed by atoms with Gasteiger partial charge in [-0.25, -0.2) is 0 Å². The van der Waals surface area contributed by atoms with E-state index >= 15 is 0 Å². The van der Waals surface area contributed by atoms with Gasteiger partial charge in [0.25, 0.3) is 11.8 Å². The predicted molar refractivity (Wildman–Crippen MR) is 139 cm³/mol. The van der Waals surface area contributed by atoms with Gasteiger partial charge in [-0.2, -0.15) is 0 Å². The highest BCUT2D eigenvalue weighted by atomic mass is 32.1. The molecule has 1 N–H and O–H groups in total. The molecule has 6 heteroatoms. The number of nitrogens with one attached hydrogen (secondary N) is 1. The first kappa shape index (κ1) is 22.9. The van der Waals surface area contributed by atoms with E-state index < -0.39 is 11.8 Å². The summed E-state index contributed by atoms with van der Waals surface area (Å²) in [5, 5.41) is 2.79. The van der Waals surface area contributed by atoms with Crippen LogP contribution in [0, 0.1) is 20.8 Å². The number of amides is 2. The van der Waals surface area contributed by atoms with Crippen molar-refractivity contribution in [1.29, 1.82) is 0 Å². The SMILES string of the molecule is CC1=CC(C)(C)N(C)c2cc(C)c(/C=C3/C(=O)NC(=S)N(c4cccc(C)c4C)C3=O)cc21. The molecule has 1 fully saturated rings. The predicted octanol–water partition coefficient (Wildman–Crippen LogP) is 5.07. The Kier molecular flexibility index (Phi) is 5.53. The summed E-state index contributed by atoms with van der Waals surface area (Å²) < 4.78 is 0. The molecule has 33 heavy (non-hydrogen) atoms. The van der Waals surface area contributed by atoms with Crippen LogP contribution in [0.3, 0.4) is 0 Å². The summed E-state index contributed by atoms with van der Waals surface area (Å²) in [4.78, 5) is 30.0. The smallest absolute Gasteiger partial charge is 0.270 e. The largest absolute Gasteiger partial charge is 0.365 e. The number of carbonyl (C=O) groups excluding carboxylic acids is 2. The van der Waals surface area contributed by atoms with Gasteiger partial charge in [-0.3, -0.25) is 19.8 Å².